The van der Waals surface area contributed by atoms with Crippen LogP contribution in [0.25, 0.3) is 0 Å². The van der Waals surface area contributed by atoms with Crippen molar-refractivity contribution < 1.29 is 0 Å². The fraction of sp³-hybridized carbons (Fsp3) is 0.846. The molecule has 1 saturated carbocycles. The van der Waals surface area contributed by atoms with Gasteiger partial charge in [0.15, 0.2) is 0 Å². The number of rotatable bonds is 2. The van der Waals surface area contributed by atoms with Gasteiger partial charge in [0.1, 0.15) is 0 Å². The summed E-state index contributed by atoms with van der Waals surface area (Å²) in [5.41, 5.74) is 2.73. The minimum atomic E-state index is 1.00. The van der Waals surface area contributed by atoms with Crippen molar-refractivity contribution in [2.24, 2.45) is 28.0 Å². The molecule has 2 aliphatic carbocycles. The Labute approximate surface area is 92.9 Å². The summed E-state index contributed by atoms with van der Waals surface area (Å²) in [4.78, 5) is 0. The predicted molar refractivity (Wildman–Crippen MR) is 62.7 cm³/mol. The number of azo groups is 1. The van der Waals surface area contributed by atoms with E-state index >= 15 is 0 Å². The molecule has 0 aliphatic heterocycles. The molecule has 2 rings (SSSR count). The standard InChI is InChI=1S/C13H22N2/c1-4-10-11-6-5-9(2)13(15-14-3)8-7-12(10)11/h10-12H,4-8H2,1-3H3/b13-9+,15-14?. The molecule has 3 atom stereocenters. The first-order chi connectivity index (χ1) is 7.27. The Morgan fingerprint density at radius 3 is 2.47 bits per heavy atom. The molecule has 0 heterocycles. The van der Waals surface area contributed by atoms with Crippen LogP contribution in [0.4, 0.5) is 0 Å². The fourth-order valence-electron chi connectivity index (χ4n) is 3.29. The van der Waals surface area contributed by atoms with E-state index in [0.717, 1.165) is 24.2 Å². The maximum absolute atomic E-state index is 4.27. The number of allylic oxidation sites excluding steroid dienone is 2. The molecule has 0 aromatic carbocycles. The highest BCUT2D eigenvalue weighted by Crippen LogP contribution is 2.55. The Kier molecular flexibility index (Phi) is 3.22. The van der Waals surface area contributed by atoms with Crippen LogP contribution >= 0.6 is 0 Å². The molecule has 0 radical (unpaired) electrons. The van der Waals surface area contributed by atoms with Crippen LogP contribution in [0.5, 0.6) is 0 Å². The van der Waals surface area contributed by atoms with Gasteiger partial charge in [-0.25, -0.2) is 0 Å². The summed E-state index contributed by atoms with van der Waals surface area (Å²) in [6, 6.07) is 0. The molecule has 0 aromatic heterocycles. The second-order valence-corrected chi connectivity index (χ2v) is 5.00. The van der Waals surface area contributed by atoms with Gasteiger partial charge in [-0.15, -0.1) is 0 Å². The highest BCUT2D eigenvalue weighted by atomic mass is 15.1. The molecule has 0 saturated heterocycles. The molecule has 84 valence electrons. The maximum atomic E-state index is 4.27. The van der Waals surface area contributed by atoms with Crippen LogP contribution in [0.2, 0.25) is 0 Å². The highest BCUT2D eigenvalue weighted by Gasteiger charge is 2.47. The average Bonchev–Trinajstić information content (AvgIpc) is 2.90. The Morgan fingerprint density at radius 1 is 1.20 bits per heavy atom. The summed E-state index contributed by atoms with van der Waals surface area (Å²) in [5.74, 6) is 3.06. The largest absolute Gasteiger partial charge is 0.192 e. The lowest BCUT2D eigenvalue weighted by Crippen LogP contribution is -1.95. The molecule has 2 heteroatoms. The van der Waals surface area contributed by atoms with E-state index in [1.807, 2.05) is 0 Å². The molecule has 0 aromatic rings. The van der Waals surface area contributed by atoms with E-state index in [-0.39, 0.29) is 0 Å². The van der Waals surface area contributed by atoms with Gasteiger partial charge >= 0.3 is 0 Å². The quantitative estimate of drug-likeness (QED) is 0.605. The van der Waals surface area contributed by atoms with Crippen LogP contribution < -0.4 is 0 Å². The van der Waals surface area contributed by atoms with Crippen LogP contribution in [0, 0.1) is 17.8 Å². The lowest BCUT2D eigenvalue weighted by molar-refractivity contribution is 0.577. The van der Waals surface area contributed by atoms with Gasteiger partial charge in [-0.2, -0.15) is 10.2 Å². The minimum absolute atomic E-state index is 1.00. The van der Waals surface area contributed by atoms with Gasteiger partial charge in [-0.05, 0) is 55.9 Å². The van der Waals surface area contributed by atoms with Crippen LogP contribution in [-0.2, 0) is 0 Å². The zero-order chi connectivity index (χ0) is 10.8. The first kappa shape index (κ1) is 10.8. The molecule has 0 amide bonds. The van der Waals surface area contributed by atoms with E-state index < -0.39 is 0 Å². The van der Waals surface area contributed by atoms with Gasteiger partial charge in [0.2, 0.25) is 0 Å². The lowest BCUT2D eigenvalue weighted by Gasteiger charge is -2.10. The Bertz CT molecular complexity index is 291. The SMILES string of the molecule is CCC1C2CC/C(C)=C(/N=NC)CCC12. The van der Waals surface area contributed by atoms with Crippen molar-refractivity contribution >= 4 is 0 Å². The van der Waals surface area contributed by atoms with E-state index in [2.05, 4.69) is 24.1 Å². The molecule has 0 bridgehead atoms. The van der Waals surface area contributed by atoms with E-state index in [4.69, 9.17) is 0 Å². The third kappa shape index (κ3) is 2.14. The Hall–Kier alpha value is -0.660. The average molecular weight is 206 g/mol. The van der Waals surface area contributed by atoms with Gasteiger partial charge < -0.3 is 0 Å². The third-order valence-electron chi connectivity index (χ3n) is 4.26. The van der Waals surface area contributed by atoms with Gasteiger partial charge in [0, 0.05) is 7.05 Å². The van der Waals surface area contributed by atoms with Crippen molar-refractivity contribution in [1.29, 1.82) is 0 Å². The van der Waals surface area contributed by atoms with Crippen LogP contribution in [-0.4, -0.2) is 7.05 Å². The minimum Gasteiger partial charge on any atom is -0.192 e. The van der Waals surface area contributed by atoms with Crippen LogP contribution in [0.15, 0.2) is 21.5 Å². The summed E-state index contributed by atoms with van der Waals surface area (Å²) in [7, 11) is 1.77. The molecule has 3 unspecified atom stereocenters. The number of hydrogen-bond acceptors (Lipinski definition) is 2. The van der Waals surface area contributed by atoms with E-state index in [1.54, 1.807) is 7.05 Å². The smallest absolute Gasteiger partial charge is 0.0615 e. The molecule has 15 heavy (non-hydrogen) atoms. The molecule has 1 fully saturated rings. The molecular weight excluding hydrogens is 184 g/mol. The Morgan fingerprint density at radius 2 is 1.87 bits per heavy atom. The van der Waals surface area contributed by atoms with Gasteiger partial charge in [-0.3, -0.25) is 0 Å². The molecule has 2 nitrogen and oxygen atoms in total. The summed E-state index contributed by atoms with van der Waals surface area (Å²) < 4.78 is 0. The summed E-state index contributed by atoms with van der Waals surface area (Å²) >= 11 is 0. The summed E-state index contributed by atoms with van der Waals surface area (Å²) in [5, 5.41) is 8.20. The number of nitrogens with zero attached hydrogens (tertiary/aromatic N) is 2. The summed E-state index contributed by atoms with van der Waals surface area (Å²) in [6.07, 6.45) is 6.50. The van der Waals surface area contributed by atoms with Crippen molar-refractivity contribution in [2.45, 2.75) is 46.0 Å². The zero-order valence-electron chi connectivity index (χ0n) is 10.2. The van der Waals surface area contributed by atoms with Crippen molar-refractivity contribution in [3.8, 4) is 0 Å². The first-order valence-corrected chi connectivity index (χ1v) is 6.26. The third-order valence-corrected chi connectivity index (χ3v) is 4.26. The molecule has 2 aliphatic rings. The molecule has 0 N–H and O–H groups in total. The fourth-order valence-corrected chi connectivity index (χ4v) is 3.29. The Balaban J connectivity index is 2.03. The zero-order valence-corrected chi connectivity index (χ0v) is 10.2. The lowest BCUT2D eigenvalue weighted by atomic mass is 9.99. The molecular formula is C13H22N2. The van der Waals surface area contributed by atoms with Crippen molar-refractivity contribution in [2.75, 3.05) is 7.05 Å². The maximum Gasteiger partial charge on any atom is 0.0615 e. The van der Waals surface area contributed by atoms with E-state index in [0.29, 0.717) is 0 Å². The predicted octanol–water partition coefficient (Wildman–Crippen LogP) is 4.19. The first-order valence-electron chi connectivity index (χ1n) is 6.26. The van der Waals surface area contributed by atoms with Crippen molar-refractivity contribution in [3.63, 3.8) is 0 Å². The van der Waals surface area contributed by atoms with Crippen LogP contribution in [0.3, 0.4) is 0 Å². The normalized spacial score (nSPS) is 41.1. The van der Waals surface area contributed by atoms with E-state index in [1.165, 1.54) is 37.0 Å². The van der Waals surface area contributed by atoms with Crippen molar-refractivity contribution in [1.82, 2.24) is 0 Å². The van der Waals surface area contributed by atoms with Crippen molar-refractivity contribution in [3.05, 3.63) is 11.3 Å². The van der Waals surface area contributed by atoms with Gasteiger partial charge in [0.05, 0.1) is 5.70 Å². The van der Waals surface area contributed by atoms with Gasteiger partial charge in [-0.1, -0.05) is 13.3 Å². The second kappa shape index (κ2) is 4.46. The summed E-state index contributed by atoms with van der Waals surface area (Å²) in [6.45, 7) is 4.57. The monoisotopic (exact) mass is 206 g/mol. The highest BCUT2D eigenvalue weighted by molar-refractivity contribution is 5.14. The number of fused-ring (bicyclic) bond motifs is 1. The second-order valence-electron chi connectivity index (χ2n) is 5.00. The number of hydrogen-bond donors (Lipinski definition) is 0. The van der Waals surface area contributed by atoms with Crippen LogP contribution in [0.1, 0.15) is 46.0 Å². The van der Waals surface area contributed by atoms with E-state index in [9.17, 15) is 0 Å². The van der Waals surface area contributed by atoms with Gasteiger partial charge in [0.25, 0.3) is 0 Å². The topological polar surface area (TPSA) is 24.7 Å². The molecule has 0 spiro atoms.